The van der Waals surface area contributed by atoms with Crippen molar-refractivity contribution < 1.29 is 14.3 Å². The molecule has 1 unspecified atom stereocenters. The summed E-state index contributed by atoms with van der Waals surface area (Å²) in [6.45, 7) is 5.58. The summed E-state index contributed by atoms with van der Waals surface area (Å²) in [5.74, 6) is -0.00197. The fourth-order valence-electron chi connectivity index (χ4n) is 3.18. The zero-order valence-corrected chi connectivity index (χ0v) is 13.3. The van der Waals surface area contributed by atoms with Gasteiger partial charge in [0.2, 0.25) is 11.8 Å². The maximum atomic E-state index is 12.3. The highest BCUT2D eigenvalue weighted by Gasteiger charge is 2.42. The van der Waals surface area contributed by atoms with E-state index in [1.165, 1.54) is 4.90 Å². The second kappa shape index (κ2) is 7.90. The number of carbonyl (C=O) groups is 2. The molecule has 0 bridgehead atoms. The summed E-state index contributed by atoms with van der Waals surface area (Å²) in [4.78, 5) is 25.9. The van der Waals surface area contributed by atoms with Crippen LogP contribution in [-0.4, -0.2) is 48.1 Å². The van der Waals surface area contributed by atoms with Crippen molar-refractivity contribution in [2.75, 3.05) is 13.2 Å². The predicted molar refractivity (Wildman–Crippen MR) is 80.8 cm³/mol. The first-order valence-corrected chi connectivity index (χ1v) is 8.30. The molecule has 2 fully saturated rings. The van der Waals surface area contributed by atoms with Crippen LogP contribution >= 0.6 is 0 Å². The van der Waals surface area contributed by atoms with Crippen LogP contribution in [0.15, 0.2) is 0 Å². The minimum Gasteiger partial charge on any atom is -0.379 e. The molecule has 5 nitrogen and oxygen atoms in total. The molecule has 120 valence electrons. The quantitative estimate of drug-likeness (QED) is 0.548. The number of hydrogen-bond donors (Lipinski definition) is 1. The third-order valence-electron chi connectivity index (χ3n) is 4.29. The molecule has 21 heavy (non-hydrogen) atoms. The summed E-state index contributed by atoms with van der Waals surface area (Å²) >= 11 is 0. The Labute approximate surface area is 127 Å². The van der Waals surface area contributed by atoms with Gasteiger partial charge in [-0.15, -0.1) is 0 Å². The standard InChI is InChI=1S/C16H28N2O3/c1-12(2)21-10-6-5-9-17-14-11-15(19)18(16(14)20)13-7-3-4-8-13/h12-14,17H,3-11H2,1-2H3. The molecule has 1 N–H and O–H groups in total. The van der Waals surface area contributed by atoms with Gasteiger partial charge in [0.1, 0.15) is 0 Å². The Morgan fingerprint density at radius 1 is 1.24 bits per heavy atom. The molecular formula is C16H28N2O3. The molecule has 0 spiro atoms. The fourth-order valence-corrected chi connectivity index (χ4v) is 3.18. The first kappa shape index (κ1) is 16.4. The first-order valence-electron chi connectivity index (χ1n) is 8.30. The second-order valence-electron chi connectivity index (χ2n) is 6.38. The van der Waals surface area contributed by atoms with Gasteiger partial charge in [0.05, 0.1) is 18.6 Å². The molecule has 2 rings (SSSR count). The number of imide groups is 1. The van der Waals surface area contributed by atoms with E-state index in [-0.39, 0.29) is 30.0 Å². The van der Waals surface area contributed by atoms with Crippen molar-refractivity contribution in [3.8, 4) is 0 Å². The highest BCUT2D eigenvalue weighted by Crippen LogP contribution is 2.28. The molecule has 0 aromatic carbocycles. The summed E-state index contributed by atoms with van der Waals surface area (Å²) < 4.78 is 5.48. The van der Waals surface area contributed by atoms with E-state index in [2.05, 4.69) is 5.32 Å². The van der Waals surface area contributed by atoms with Crippen LogP contribution in [0.25, 0.3) is 0 Å². The number of amides is 2. The number of unbranched alkanes of at least 4 members (excludes halogenated alkanes) is 1. The third kappa shape index (κ3) is 4.51. The molecule has 5 heteroatoms. The molecule has 0 radical (unpaired) electrons. The van der Waals surface area contributed by atoms with Crippen molar-refractivity contribution in [1.29, 1.82) is 0 Å². The normalized spacial score (nSPS) is 23.8. The molecule has 0 aromatic heterocycles. The summed E-state index contributed by atoms with van der Waals surface area (Å²) in [5, 5.41) is 3.24. The Bertz CT molecular complexity index is 365. The van der Waals surface area contributed by atoms with Crippen LogP contribution < -0.4 is 5.32 Å². The van der Waals surface area contributed by atoms with Crippen LogP contribution in [0, 0.1) is 0 Å². The Hall–Kier alpha value is -0.940. The van der Waals surface area contributed by atoms with Crippen LogP contribution in [0.2, 0.25) is 0 Å². The number of nitrogens with one attached hydrogen (secondary N) is 1. The van der Waals surface area contributed by atoms with Gasteiger partial charge in [0, 0.05) is 12.6 Å². The Morgan fingerprint density at radius 3 is 2.62 bits per heavy atom. The Balaban J connectivity index is 1.67. The summed E-state index contributed by atoms with van der Waals surface area (Å²) in [7, 11) is 0. The van der Waals surface area contributed by atoms with Crippen LogP contribution in [0.4, 0.5) is 0 Å². The van der Waals surface area contributed by atoms with Crippen LogP contribution in [0.1, 0.15) is 58.8 Å². The molecule has 2 aliphatic rings. The molecule has 1 saturated carbocycles. The lowest BCUT2D eigenvalue weighted by atomic mass is 10.2. The average molecular weight is 296 g/mol. The molecule has 1 heterocycles. The lowest BCUT2D eigenvalue weighted by molar-refractivity contribution is -0.141. The van der Waals surface area contributed by atoms with E-state index < -0.39 is 0 Å². The van der Waals surface area contributed by atoms with Gasteiger partial charge in [-0.2, -0.15) is 0 Å². The van der Waals surface area contributed by atoms with Crippen molar-refractivity contribution >= 4 is 11.8 Å². The SMILES string of the molecule is CC(C)OCCCCNC1CC(=O)N(C2CCCC2)C1=O. The zero-order valence-electron chi connectivity index (χ0n) is 13.3. The Morgan fingerprint density at radius 2 is 1.95 bits per heavy atom. The fraction of sp³-hybridized carbons (Fsp3) is 0.875. The van der Waals surface area contributed by atoms with Crippen LogP contribution in [0.3, 0.4) is 0 Å². The number of nitrogens with zero attached hydrogens (tertiary/aromatic N) is 1. The topological polar surface area (TPSA) is 58.6 Å². The number of carbonyl (C=O) groups excluding carboxylic acids is 2. The van der Waals surface area contributed by atoms with E-state index in [0.29, 0.717) is 6.42 Å². The minimum absolute atomic E-state index is 0.00698. The van der Waals surface area contributed by atoms with E-state index in [1.807, 2.05) is 13.8 Å². The minimum atomic E-state index is -0.302. The van der Waals surface area contributed by atoms with Crippen molar-refractivity contribution in [3.63, 3.8) is 0 Å². The van der Waals surface area contributed by atoms with E-state index >= 15 is 0 Å². The summed E-state index contributed by atoms with van der Waals surface area (Å²) in [6.07, 6.45) is 6.78. The van der Waals surface area contributed by atoms with Gasteiger partial charge in [-0.1, -0.05) is 12.8 Å². The summed E-state index contributed by atoms with van der Waals surface area (Å²) in [6, 6.07) is -0.139. The molecular weight excluding hydrogens is 268 g/mol. The van der Waals surface area contributed by atoms with Crippen LogP contribution in [0.5, 0.6) is 0 Å². The Kier molecular flexibility index (Phi) is 6.18. The van der Waals surface area contributed by atoms with Crippen molar-refractivity contribution in [2.45, 2.75) is 77.0 Å². The zero-order chi connectivity index (χ0) is 15.2. The van der Waals surface area contributed by atoms with Crippen molar-refractivity contribution in [1.82, 2.24) is 10.2 Å². The van der Waals surface area contributed by atoms with Gasteiger partial charge in [-0.25, -0.2) is 0 Å². The average Bonchev–Trinajstić information content (AvgIpc) is 3.02. The largest absolute Gasteiger partial charge is 0.379 e. The number of likely N-dealkylation sites (tertiary alicyclic amines) is 1. The van der Waals surface area contributed by atoms with Gasteiger partial charge in [0.25, 0.3) is 0 Å². The number of rotatable bonds is 8. The highest BCUT2D eigenvalue weighted by molar-refractivity contribution is 6.05. The van der Waals surface area contributed by atoms with E-state index in [1.54, 1.807) is 0 Å². The van der Waals surface area contributed by atoms with E-state index in [0.717, 1.165) is 51.7 Å². The van der Waals surface area contributed by atoms with Crippen molar-refractivity contribution in [2.24, 2.45) is 0 Å². The van der Waals surface area contributed by atoms with E-state index in [4.69, 9.17) is 4.74 Å². The predicted octanol–water partition coefficient (Wildman–Crippen LogP) is 1.85. The van der Waals surface area contributed by atoms with Gasteiger partial charge >= 0.3 is 0 Å². The maximum absolute atomic E-state index is 12.3. The van der Waals surface area contributed by atoms with E-state index in [9.17, 15) is 9.59 Å². The third-order valence-corrected chi connectivity index (χ3v) is 4.29. The smallest absolute Gasteiger partial charge is 0.247 e. The molecule has 2 amide bonds. The first-order chi connectivity index (χ1) is 10.1. The number of ether oxygens (including phenoxy) is 1. The highest BCUT2D eigenvalue weighted by atomic mass is 16.5. The van der Waals surface area contributed by atoms with Gasteiger partial charge < -0.3 is 10.1 Å². The molecule has 1 saturated heterocycles. The summed E-state index contributed by atoms with van der Waals surface area (Å²) in [5.41, 5.74) is 0. The lowest BCUT2D eigenvalue weighted by Crippen LogP contribution is -2.43. The number of hydrogen-bond acceptors (Lipinski definition) is 4. The lowest BCUT2D eigenvalue weighted by Gasteiger charge is -2.22. The van der Waals surface area contributed by atoms with Gasteiger partial charge in [-0.3, -0.25) is 14.5 Å². The molecule has 1 aliphatic carbocycles. The van der Waals surface area contributed by atoms with Crippen LogP contribution in [-0.2, 0) is 14.3 Å². The van der Waals surface area contributed by atoms with Gasteiger partial charge in [-0.05, 0) is 46.1 Å². The monoisotopic (exact) mass is 296 g/mol. The maximum Gasteiger partial charge on any atom is 0.247 e. The second-order valence-corrected chi connectivity index (χ2v) is 6.38. The molecule has 0 aromatic rings. The molecule has 1 aliphatic heterocycles. The molecule has 1 atom stereocenters. The van der Waals surface area contributed by atoms with Crippen molar-refractivity contribution in [3.05, 3.63) is 0 Å². The van der Waals surface area contributed by atoms with Gasteiger partial charge in [0.15, 0.2) is 0 Å².